The first kappa shape index (κ1) is 12.8. The van der Waals surface area contributed by atoms with Crippen molar-refractivity contribution in [2.75, 3.05) is 39.3 Å². The minimum atomic E-state index is 0.682. The molecule has 1 aromatic carbocycles. The van der Waals surface area contributed by atoms with Gasteiger partial charge in [0, 0.05) is 51.4 Å². The molecule has 3 aliphatic rings. The molecule has 1 aromatic rings. The number of aryl methyl sites for hydroxylation is 1. The fourth-order valence-electron chi connectivity index (χ4n) is 4.05. The number of hydrogen-bond donors (Lipinski definition) is 1. The van der Waals surface area contributed by atoms with E-state index in [0.29, 0.717) is 6.04 Å². The highest BCUT2D eigenvalue weighted by molar-refractivity contribution is 5.32. The van der Waals surface area contributed by atoms with Crippen molar-refractivity contribution < 1.29 is 0 Å². The van der Waals surface area contributed by atoms with Crippen molar-refractivity contribution >= 4 is 0 Å². The van der Waals surface area contributed by atoms with E-state index in [1.807, 2.05) is 0 Å². The van der Waals surface area contributed by atoms with E-state index in [0.717, 1.165) is 6.04 Å². The van der Waals surface area contributed by atoms with Crippen molar-refractivity contribution in [2.24, 2.45) is 0 Å². The van der Waals surface area contributed by atoms with E-state index in [-0.39, 0.29) is 0 Å². The lowest BCUT2D eigenvalue weighted by Gasteiger charge is -2.46. The van der Waals surface area contributed by atoms with Gasteiger partial charge in [-0.05, 0) is 30.4 Å². The monoisotopic (exact) mass is 271 g/mol. The van der Waals surface area contributed by atoms with E-state index in [1.54, 1.807) is 11.1 Å². The van der Waals surface area contributed by atoms with E-state index in [1.165, 1.54) is 58.5 Å². The molecule has 1 N–H and O–H groups in total. The van der Waals surface area contributed by atoms with Gasteiger partial charge < -0.3 is 5.32 Å². The normalized spacial score (nSPS) is 28.9. The molecular formula is C17H25N3. The minimum absolute atomic E-state index is 0.682. The number of nitrogens with zero attached hydrogens (tertiary/aromatic N) is 2. The lowest BCUT2D eigenvalue weighted by molar-refractivity contribution is 0.0470. The first-order valence-electron chi connectivity index (χ1n) is 8.18. The van der Waals surface area contributed by atoms with E-state index in [2.05, 4.69) is 39.4 Å². The standard InChI is InChI=1S/C17H25N3/c1-2-6-16-14(4-1)5-3-7-17(16)20-10-8-19(9-11-20)15-12-18-13-15/h1-2,4,6,15,17-18H,3,5,7-13H2. The van der Waals surface area contributed by atoms with Crippen molar-refractivity contribution in [1.29, 1.82) is 0 Å². The van der Waals surface area contributed by atoms with Crippen molar-refractivity contribution in [2.45, 2.75) is 31.3 Å². The van der Waals surface area contributed by atoms with Gasteiger partial charge in [0.25, 0.3) is 0 Å². The topological polar surface area (TPSA) is 18.5 Å². The summed E-state index contributed by atoms with van der Waals surface area (Å²) in [6.07, 6.45) is 3.98. The quantitative estimate of drug-likeness (QED) is 0.882. The summed E-state index contributed by atoms with van der Waals surface area (Å²) in [6.45, 7) is 7.40. The van der Waals surface area contributed by atoms with E-state index in [9.17, 15) is 0 Å². The molecule has 0 bridgehead atoms. The summed E-state index contributed by atoms with van der Waals surface area (Å²) in [7, 11) is 0. The third-order valence-electron chi connectivity index (χ3n) is 5.40. The van der Waals surface area contributed by atoms with Gasteiger partial charge in [-0.15, -0.1) is 0 Å². The zero-order valence-corrected chi connectivity index (χ0v) is 12.2. The number of hydrogen-bond acceptors (Lipinski definition) is 3. The summed E-state index contributed by atoms with van der Waals surface area (Å²) in [5.74, 6) is 0. The zero-order valence-electron chi connectivity index (χ0n) is 12.2. The van der Waals surface area contributed by atoms with Gasteiger partial charge in [-0.1, -0.05) is 24.3 Å². The van der Waals surface area contributed by atoms with Crippen LogP contribution in [0.4, 0.5) is 0 Å². The second-order valence-electron chi connectivity index (χ2n) is 6.49. The summed E-state index contributed by atoms with van der Waals surface area (Å²) >= 11 is 0. The van der Waals surface area contributed by atoms with Crippen molar-refractivity contribution in [3.8, 4) is 0 Å². The number of nitrogens with one attached hydrogen (secondary N) is 1. The van der Waals surface area contributed by atoms with Crippen LogP contribution < -0.4 is 5.32 Å². The fraction of sp³-hybridized carbons (Fsp3) is 0.647. The summed E-state index contributed by atoms with van der Waals surface area (Å²) < 4.78 is 0. The fourth-order valence-corrected chi connectivity index (χ4v) is 4.05. The smallest absolute Gasteiger partial charge is 0.0352 e. The largest absolute Gasteiger partial charge is 0.314 e. The molecule has 0 saturated carbocycles. The van der Waals surface area contributed by atoms with Crippen LogP contribution in [-0.2, 0) is 6.42 Å². The Hall–Kier alpha value is -0.900. The number of fused-ring (bicyclic) bond motifs is 1. The average molecular weight is 271 g/mol. The van der Waals surface area contributed by atoms with E-state index in [4.69, 9.17) is 0 Å². The maximum absolute atomic E-state index is 3.39. The van der Waals surface area contributed by atoms with Crippen molar-refractivity contribution in [3.63, 3.8) is 0 Å². The van der Waals surface area contributed by atoms with Gasteiger partial charge in [0.15, 0.2) is 0 Å². The molecule has 0 spiro atoms. The second-order valence-corrected chi connectivity index (χ2v) is 6.49. The van der Waals surface area contributed by atoms with Gasteiger partial charge in [-0.3, -0.25) is 9.80 Å². The SMILES string of the molecule is c1ccc2c(c1)CCCC2N1CCN(C2CNC2)CC1. The first-order chi connectivity index (χ1) is 9.92. The van der Waals surface area contributed by atoms with Crippen LogP contribution in [0, 0.1) is 0 Å². The van der Waals surface area contributed by atoms with Crippen LogP contribution in [0.2, 0.25) is 0 Å². The lowest BCUT2D eigenvalue weighted by Crippen LogP contribution is -2.61. The molecule has 3 heteroatoms. The lowest BCUT2D eigenvalue weighted by atomic mass is 9.86. The Morgan fingerprint density at radius 2 is 1.70 bits per heavy atom. The molecule has 0 aromatic heterocycles. The van der Waals surface area contributed by atoms with Crippen molar-refractivity contribution in [3.05, 3.63) is 35.4 Å². The molecule has 0 radical (unpaired) electrons. The molecule has 1 aliphatic carbocycles. The Labute approximate surface area is 121 Å². The molecule has 4 rings (SSSR count). The van der Waals surface area contributed by atoms with Crippen LogP contribution in [0.1, 0.15) is 30.0 Å². The second kappa shape index (κ2) is 5.47. The predicted octanol–water partition coefficient (Wildman–Crippen LogP) is 1.65. The molecule has 2 aliphatic heterocycles. The summed E-state index contributed by atoms with van der Waals surface area (Å²) in [6, 6.07) is 10.6. The Morgan fingerprint density at radius 1 is 0.950 bits per heavy atom. The summed E-state index contributed by atoms with van der Waals surface area (Å²) in [5, 5.41) is 3.39. The molecule has 2 saturated heterocycles. The minimum Gasteiger partial charge on any atom is -0.314 e. The van der Waals surface area contributed by atoms with Gasteiger partial charge in [0.1, 0.15) is 0 Å². The van der Waals surface area contributed by atoms with Gasteiger partial charge >= 0.3 is 0 Å². The third kappa shape index (κ3) is 2.28. The molecule has 1 unspecified atom stereocenters. The molecule has 108 valence electrons. The predicted molar refractivity (Wildman–Crippen MR) is 81.9 cm³/mol. The van der Waals surface area contributed by atoms with Crippen LogP contribution in [0.25, 0.3) is 0 Å². The van der Waals surface area contributed by atoms with Crippen molar-refractivity contribution in [1.82, 2.24) is 15.1 Å². The third-order valence-corrected chi connectivity index (χ3v) is 5.40. The van der Waals surface area contributed by atoms with Crippen LogP contribution in [0.3, 0.4) is 0 Å². The highest BCUT2D eigenvalue weighted by Gasteiger charge is 2.32. The van der Waals surface area contributed by atoms with Crippen LogP contribution in [0.15, 0.2) is 24.3 Å². The maximum Gasteiger partial charge on any atom is 0.0352 e. The Kier molecular flexibility index (Phi) is 3.51. The zero-order chi connectivity index (χ0) is 13.4. The molecular weight excluding hydrogens is 246 g/mol. The Balaban J connectivity index is 1.44. The molecule has 2 heterocycles. The Morgan fingerprint density at radius 3 is 2.45 bits per heavy atom. The molecule has 2 fully saturated rings. The highest BCUT2D eigenvalue weighted by atomic mass is 15.3. The molecule has 0 amide bonds. The molecule has 20 heavy (non-hydrogen) atoms. The van der Waals surface area contributed by atoms with E-state index >= 15 is 0 Å². The van der Waals surface area contributed by atoms with Gasteiger partial charge in [-0.2, -0.15) is 0 Å². The van der Waals surface area contributed by atoms with Crippen LogP contribution in [0.5, 0.6) is 0 Å². The number of piperazine rings is 1. The Bertz CT molecular complexity index is 461. The summed E-state index contributed by atoms with van der Waals surface area (Å²) in [4.78, 5) is 5.42. The van der Waals surface area contributed by atoms with Gasteiger partial charge in [0.05, 0.1) is 0 Å². The van der Waals surface area contributed by atoms with Gasteiger partial charge in [0.2, 0.25) is 0 Å². The molecule has 3 nitrogen and oxygen atoms in total. The van der Waals surface area contributed by atoms with Gasteiger partial charge in [-0.25, -0.2) is 0 Å². The first-order valence-corrected chi connectivity index (χ1v) is 8.18. The average Bonchev–Trinajstić information content (AvgIpc) is 2.46. The van der Waals surface area contributed by atoms with Crippen LogP contribution in [-0.4, -0.2) is 55.1 Å². The molecule has 1 atom stereocenters. The number of rotatable bonds is 2. The number of benzene rings is 1. The summed E-state index contributed by atoms with van der Waals surface area (Å²) in [5.41, 5.74) is 3.20. The highest BCUT2D eigenvalue weighted by Crippen LogP contribution is 2.34. The van der Waals surface area contributed by atoms with E-state index < -0.39 is 0 Å². The maximum atomic E-state index is 3.39. The van der Waals surface area contributed by atoms with Crippen LogP contribution >= 0.6 is 0 Å².